The van der Waals surface area contributed by atoms with Crippen molar-refractivity contribution in [1.82, 2.24) is 0 Å². The van der Waals surface area contributed by atoms with Crippen molar-refractivity contribution in [2.75, 3.05) is 13.7 Å². The molecule has 0 saturated heterocycles. The number of benzene rings is 1. The van der Waals surface area contributed by atoms with E-state index in [9.17, 15) is 4.79 Å². The fourth-order valence-corrected chi connectivity index (χ4v) is 1.96. The van der Waals surface area contributed by atoms with Crippen molar-refractivity contribution >= 4 is 11.9 Å². The number of carboxylic acid groups (broad SMARTS) is 1. The van der Waals surface area contributed by atoms with E-state index in [4.69, 9.17) is 19.4 Å². The fourth-order valence-electron chi connectivity index (χ4n) is 1.96. The van der Waals surface area contributed by atoms with E-state index in [0.717, 1.165) is 18.9 Å². The van der Waals surface area contributed by atoms with E-state index in [2.05, 4.69) is 46.8 Å². The first kappa shape index (κ1) is 27.3. The van der Waals surface area contributed by atoms with Crippen molar-refractivity contribution in [2.24, 2.45) is 5.92 Å². The molecule has 0 spiro atoms. The zero-order chi connectivity index (χ0) is 21.5. The van der Waals surface area contributed by atoms with Crippen LogP contribution in [0.3, 0.4) is 0 Å². The molecule has 0 bridgehead atoms. The second kappa shape index (κ2) is 15.2. The smallest absolute Gasteiger partial charge is 0.310 e. The highest BCUT2D eigenvalue weighted by Gasteiger charge is 2.22. The van der Waals surface area contributed by atoms with Gasteiger partial charge in [-0.05, 0) is 44.2 Å². The van der Waals surface area contributed by atoms with Crippen LogP contribution in [0.1, 0.15) is 66.0 Å². The molecular weight excluding hydrogens is 344 g/mol. The SMILES string of the molecule is CC(=O)O.CCC(C)C(C)(C)OC.CCOC(=O)Cc1ccc(CC)cc1. The number of carboxylic acids is 1. The minimum absolute atomic E-state index is 0.0503. The van der Waals surface area contributed by atoms with Gasteiger partial charge in [-0.1, -0.05) is 51.5 Å². The third-order valence-corrected chi connectivity index (χ3v) is 4.41. The van der Waals surface area contributed by atoms with Crippen LogP contribution in [0, 0.1) is 5.92 Å². The number of carbonyl (C=O) groups excluding carboxylic acids is 1. The Balaban J connectivity index is 0. The molecule has 0 aliphatic carbocycles. The first-order chi connectivity index (χ1) is 12.5. The maximum Gasteiger partial charge on any atom is 0.310 e. The fraction of sp³-hybridized carbons (Fsp3) is 0.636. The molecule has 5 heteroatoms. The molecule has 0 saturated carbocycles. The van der Waals surface area contributed by atoms with Gasteiger partial charge in [0.05, 0.1) is 18.6 Å². The Hall–Kier alpha value is -1.88. The van der Waals surface area contributed by atoms with E-state index in [1.165, 1.54) is 12.0 Å². The summed E-state index contributed by atoms with van der Waals surface area (Å²) < 4.78 is 10.2. The third kappa shape index (κ3) is 14.9. The highest BCUT2D eigenvalue weighted by molar-refractivity contribution is 5.72. The Morgan fingerprint density at radius 3 is 1.81 bits per heavy atom. The molecule has 1 atom stereocenters. The molecule has 1 rings (SSSR count). The number of esters is 1. The van der Waals surface area contributed by atoms with Crippen LogP contribution in [-0.4, -0.2) is 36.4 Å². The molecule has 0 fully saturated rings. The molecule has 1 unspecified atom stereocenters. The van der Waals surface area contributed by atoms with Crippen molar-refractivity contribution in [3.05, 3.63) is 35.4 Å². The normalized spacial score (nSPS) is 11.3. The van der Waals surface area contributed by atoms with E-state index < -0.39 is 5.97 Å². The number of rotatable bonds is 7. The maximum absolute atomic E-state index is 11.1. The van der Waals surface area contributed by atoms with Gasteiger partial charge in [-0.25, -0.2) is 0 Å². The summed E-state index contributed by atoms with van der Waals surface area (Å²) in [5.74, 6) is -0.348. The van der Waals surface area contributed by atoms with Gasteiger partial charge in [-0.15, -0.1) is 0 Å². The van der Waals surface area contributed by atoms with Crippen LogP contribution >= 0.6 is 0 Å². The summed E-state index contributed by atoms with van der Waals surface area (Å²) in [6.07, 6.45) is 2.58. The zero-order valence-corrected chi connectivity index (χ0v) is 18.3. The van der Waals surface area contributed by atoms with Gasteiger partial charge in [0.25, 0.3) is 5.97 Å². The van der Waals surface area contributed by atoms with Crippen molar-refractivity contribution in [2.45, 2.75) is 73.3 Å². The van der Waals surface area contributed by atoms with Crippen LogP contribution in [0.2, 0.25) is 0 Å². The monoisotopic (exact) mass is 382 g/mol. The highest BCUT2D eigenvalue weighted by Crippen LogP contribution is 2.22. The molecule has 27 heavy (non-hydrogen) atoms. The number of hydrogen-bond donors (Lipinski definition) is 1. The minimum Gasteiger partial charge on any atom is -0.481 e. The quantitative estimate of drug-likeness (QED) is 0.679. The Morgan fingerprint density at radius 1 is 1.07 bits per heavy atom. The Bertz CT molecular complexity index is 516. The molecule has 0 heterocycles. The average Bonchev–Trinajstić information content (AvgIpc) is 2.61. The van der Waals surface area contributed by atoms with Gasteiger partial charge in [-0.3, -0.25) is 9.59 Å². The topological polar surface area (TPSA) is 72.8 Å². The van der Waals surface area contributed by atoms with Gasteiger partial charge in [-0.2, -0.15) is 0 Å². The first-order valence-electron chi connectivity index (χ1n) is 9.51. The minimum atomic E-state index is -0.833. The summed E-state index contributed by atoms with van der Waals surface area (Å²) in [5, 5.41) is 7.42. The second-order valence-electron chi connectivity index (χ2n) is 6.79. The summed E-state index contributed by atoms with van der Waals surface area (Å²) in [6.45, 7) is 14.1. The molecule has 0 aromatic heterocycles. The molecule has 5 nitrogen and oxygen atoms in total. The van der Waals surface area contributed by atoms with Crippen LogP contribution in [0.25, 0.3) is 0 Å². The van der Waals surface area contributed by atoms with Gasteiger partial charge in [0.1, 0.15) is 0 Å². The van der Waals surface area contributed by atoms with E-state index >= 15 is 0 Å². The van der Waals surface area contributed by atoms with Crippen molar-refractivity contribution in [3.8, 4) is 0 Å². The van der Waals surface area contributed by atoms with Crippen LogP contribution in [0.4, 0.5) is 0 Å². The van der Waals surface area contributed by atoms with Crippen molar-refractivity contribution in [3.63, 3.8) is 0 Å². The predicted octanol–water partition coefficient (Wildman–Crippen LogP) is 4.90. The molecular formula is C22H38O5. The number of hydrogen-bond acceptors (Lipinski definition) is 4. The molecule has 0 amide bonds. The summed E-state index contributed by atoms with van der Waals surface area (Å²) in [4.78, 5) is 20.1. The van der Waals surface area contributed by atoms with Crippen LogP contribution in [0.5, 0.6) is 0 Å². The lowest BCUT2D eigenvalue weighted by Crippen LogP contribution is -2.30. The van der Waals surface area contributed by atoms with Crippen LogP contribution in [0.15, 0.2) is 24.3 Å². The average molecular weight is 383 g/mol. The Morgan fingerprint density at radius 2 is 1.52 bits per heavy atom. The van der Waals surface area contributed by atoms with E-state index in [1.54, 1.807) is 7.11 Å². The molecule has 0 aliphatic rings. The number of aryl methyl sites for hydroxylation is 1. The van der Waals surface area contributed by atoms with Gasteiger partial charge >= 0.3 is 5.97 Å². The molecule has 0 aliphatic heterocycles. The lowest BCUT2D eigenvalue weighted by Gasteiger charge is -2.29. The lowest BCUT2D eigenvalue weighted by atomic mass is 9.90. The molecule has 1 N–H and O–H groups in total. The van der Waals surface area contributed by atoms with Gasteiger partial charge in [0.2, 0.25) is 0 Å². The number of methoxy groups -OCH3 is 1. The molecule has 0 radical (unpaired) electrons. The highest BCUT2D eigenvalue weighted by atomic mass is 16.5. The van der Waals surface area contributed by atoms with Crippen molar-refractivity contribution in [1.29, 1.82) is 0 Å². The predicted molar refractivity (Wildman–Crippen MR) is 110 cm³/mol. The Kier molecular flexibility index (Phi) is 15.4. The van der Waals surface area contributed by atoms with E-state index in [-0.39, 0.29) is 11.6 Å². The standard InChI is InChI=1S/C12H16O2.C8H18O.C2H4O2/c1-3-10-5-7-11(8-6-10)9-12(13)14-4-2;1-6-7(2)8(3,4)9-5;1-2(3)4/h5-8H,3-4,9H2,1-2H3;7H,6H2,1-5H3;1H3,(H,3,4). The second-order valence-corrected chi connectivity index (χ2v) is 6.79. The summed E-state index contributed by atoms with van der Waals surface area (Å²) in [7, 11) is 1.77. The molecule has 1 aromatic carbocycles. The summed E-state index contributed by atoms with van der Waals surface area (Å²) in [6, 6.07) is 8.06. The van der Waals surface area contributed by atoms with Gasteiger partial charge in [0.15, 0.2) is 0 Å². The Labute approximate surface area is 165 Å². The molecule has 1 aromatic rings. The lowest BCUT2D eigenvalue weighted by molar-refractivity contribution is -0.142. The van der Waals surface area contributed by atoms with Gasteiger partial charge in [0, 0.05) is 14.0 Å². The summed E-state index contributed by atoms with van der Waals surface area (Å²) >= 11 is 0. The molecule has 156 valence electrons. The zero-order valence-electron chi connectivity index (χ0n) is 18.3. The number of ether oxygens (including phenoxy) is 2. The number of carbonyl (C=O) groups is 2. The van der Waals surface area contributed by atoms with Crippen molar-refractivity contribution < 1.29 is 24.2 Å². The summed E-state index contributed by atoms with van der Waals surface area (Å²) in [5.41, 5.74) is 2.35. The van der Waals surface area contributed by atoms with Gasteiger partial charge < -0.3 is 14.6 Å². The van der Waals surface area contributed by atoms with E-state index in [0.29, 0.717) is 18.9 Å². The maximum atomic E-state index is 11.1. The van der Waals surface area contributed by atoms with E-state index in [1.807, 2.05) is 19.1 Å². The largest absolute Gasteiger partial charge is 0.481 e. The van der Waals surface area contributed by atoms with Crippen LogP contribution < -0.4 is 0 Å². The first-order valence-corrected chi connectivity index (χ1v) is 9.51. The third-order valence-electron chi connectivity index (χ3n) is 4.41. The number of aliphatic carboxylic acids is 1. The van der Waals surface area contributed by atoms with Crippen LogP contribution in [-0.2, 0) is 31.9 Å².